The topological polar surface area (TPSA) is 68.2 Å². The first-order chi connectivity index (χ1) is 9.35. The van der Waals surface area contributed by atoms with Gasteiger partial charge in [0.1, 0.15) is 0 Å². The van der Waals surface area contributed by atoms with E-state index in [1.54, 1.807) is 0 Å². The third-order valence-electron chi connectivity index (χ3n) is 3.56. The fourth-order valence-electron chi connectivity index (χ4n) is 2.46. The summed E-state index contributed by atoms with van der Waals surface area (Å²) in [5, 5.41) is 4.03. The summed E-state index contributed by atoms with van der Waals surface area (Å²) in [7, 11) is 0. The molecular formula is C14H18N4O. The van der Waals surface area contributed by atoms with Gasteiger partial charge in [0, 0.05) is 12.1 Å². The van der Waals surface area contributed by atoms with Crippen molar-refractivity contribution in [3.05, 3.63) is 36.2 Å². The maximum absolute atomic E-state index is 5.69. The quantitative estimate of drug-likeness (QED) is 0.900. The van der Waals surface area contributed by atoms with Gasteiger partial charge in [-0.1, -0.05) is 35.5 Å². The van der Waals surface area contributed by atoms with Gasteiger partial charge in [-0.2, -0.15) is 4.98 Å². The van der Waals surface area contributed by atoms with E-state index in [-0.39, 0.29) is 0 Å². The zero-order chi connectivity index (χ0) is 13.1. The van der Waals surface area contributed by atoms with Gasteiger partial charge in [0.25, 0.3) is 0 Å². The lowest BCUT2D eigenvalue weighted by molar-refractivity contribution is 0.261. The second-order valence-electron chi connectivity index (χ2n) is 5.00. The lowest BCUT2D eigenvalue weighted by Crippen LogP contribution is -2.22. The molecule has 1 aliphatic heterocycles. The standard InChI is InChI=1S/C14H18N4O/c15-8-11-6-7-18(9-11)10-13-16-14(17-19-13)12-4-2-1-3-5-12/h1-5,11H,6-10,15H2. The Balaban J connectivity index is 1.66. The number of nitrogens with two attached hydrogens (primary N) is 1. The highest BCUT2D eigenvalue weighted by molar-refractivity contribution is 5.53. The van der Waals surface area contributed by atoms with Crippen molar-refractivity contribution < 1.29 is 4.52 Å². The van der Waals surface area contributed by atoms with Crippen LogP contribution < -0.4 is 5.73 Å². The minimum atomic E-state index is 0.608. The predicted octanol–water partition coefficient (Wildman–Crippen LogP) is 1.52. The molecule has 2 heterocycles. The molecule has 1 fully saturated rings. The summed E-state index contributed by atoms with van der Waals surface area (Å²) < 4.78 is 5.32. The van der Waals surface area contributed by atoms with Crippen molar-refractivity contribution in [1.29, 1.82) is 0 Å². The maximum atomic E-state index is 5.69. The average Bonchev–Trinajstić information content (AvgIpc) is 3.09. The number of likely N-dealkylation sites (tertiary alicyclic amines) is 1. The minimum Gasteiger partial charge on any atom is -0.338 e. The molecule has 1 aliphatic rings. The van der Waals surface area contributed by atoms with Crippen LogP contribution >= 0.6 is 0 Å². The Kier molecular flexibility index (Phi) is 3.57. The number of hydrogen-bond donors (Lipinski definition) is 1. The van der Waals surface area contributed by atoms with Crippen molar-refractivity contribution in [1.82, 2.24) is 15.0 Å². The molecular weight excluding hydrogens is 240 g/mol. The van der Waals surface area contributed by atoms with Gasteiger partial charge in [0.2, 0.25) is 11.7 Å². The Morgan fingerprint density at radius 3 is 2.89 bits per heavy atom. The molecule has 100 valence electrons. The van der Waals surface area contributed by atoms with Crippen molar-refractivity contribution in [2.45, 2.75) is 13.0 Å². The monoisotopic (exact) mass is 258 g/mol. The molecule has 2 aromatic rings. The number of benzene rings is 1. The smallest absolute Gasteiger partial charge is 0.241 e. The summed E-state index contributed by atoms with van der Waals surface area (Å²) in [6.07, 6.45) is 1.16. The van der Waals surface area contributed by atoms with Crippen LogP contribution in [0, 0.1) is 5.92 Å². The average molecular weight is 258 g/mol. The van der Waals surface area contributed by atoms with Crippen molar-refractivity contribution >= 4 is 0 Å². The molecule has 1 atom stereocenters. The first-order valence-electron chi connectivity index (χ1n) is 6.65. The van der Waals surface area contributed by atoms with E-state index in [9.17, 15) is 0 Å². The molecule has 0 radical (unpaired) electrons. The fourth-order valence-corrected chi connectivity index (χ4v) is 2.46. The molecule has 0 spiro atoms. The highest BCUT2D eigenvalue weighted by atomic mass is 16.5. The summed E-state index contributed by atoms with van der Waals surface area (Å²) >= 11 is 0. The van der Waals surface area contributed by atoms with E-state index in [4.69, 9.17) is 10.3 Å². The Morgan fingerprint density at radius 1 is 1.32 bits per heavy atom. The van der Waals surface area contributed by atoms with E-state index in [1.165, 1.54) is 0 Å². The van der Waals surface area contributed by atoms with Crippen LogP contribution in [0.4, 0.5) is 0 Å². The van der Waals surface area contributed by atoms with Crippen LogP contribution in [0.15, 0.2) is 34.9 Å². The maximum Gasteiger partial charge on any atom is 0.241 e. The fraction of sp³-hybridized carbons (Fsp3) is 0.429. The molecule has 1 unspecified atom stereocenters. The molecule has 2 N–H and O–H groups in total. The van der Waals surface area contributed by atoms with Crippen LogP contribution in [0.3, 0.4) is 0 Å². The summed E-state index contributed by atoms with van der Waals surface area (Å²) in [5.41, 5.74) is 6.68. The lowest BCUT2D eigenvalue weighted by atomic mass is 10.1. The molecule has 3 rings (SSSR count). The van der Waals surface area contributed by atoms with Crippen LogP contribution in [-0.2, 0) is 6.54 Å². The van der Waals surface area contributed by atoms with E-state index in [0.717, 1.165) is 38.2 Å². The molecule has 19 heavy (non-hydrogen) atoms. The summed E-state index contributed by atoms with van der Waals surface area (Å²) in [6.45, 7) is 3.57. The molecule has 5 nitrogen and oxygen atoms in total. The van der Waals surface area contributed by atoms with Crippen LogP contribution in [0.2, 0.25) is 0 Å². The van der Waals surface area contributed by atoms with Crippen molar-refractivity contribution in [3.63, 3.8) is 0 Å². The second-order valence-corrected chi connectivity index (χ2v) is 5.00. The SMILES string of the molecule is NCC1CCN(Cc2nc(-c3ccccc3)no2)C1. The van der Waals surface area contributed by atoms with Crippen molar-refractivity contribution in [2.24, 2.45) is 11.7 Å². The molecule has 5 heteroatoms. The van der Waals surface area contributed by atoms with E-state index in [2.05, 4.69) is 15.0 Å². The third-order valence-corrected chi connectivity index (χ3v) is 3.56. The number of aromatic nitrogens is 2. The minimum absolute atomic E-state index is 0.608. The van der Waals surface area contributed by atoms with E-state index in [0.29, 0.717) is 17.6 Å². The van der Waals surface area contributed by atoms with Crippen molar-refractivity contribution in [2.75, 3.05) is 19.6 Å². The van der Waals surface area contributed by atoms with Gasteiger partial charge < -0.3 is 10.3 Å². The van der Waals surface area contributed by atoms with Crippen LogP contribution in [0.1, 0.15) is 12.3 Å². The third kappa shape index (κ3) is 2.83. The largest absolute Gasteiger partial charge is 0.338 e. The zero-order valence-corrected chi connectivity index (χ0v) is 10.8. The van der Waals surface area contributed by atoms with Crippen LogP contribution in [0.25, 0.3) is 11.4 Å². The number of nitrogens with zero attached hydrogens (tertiary/aromatic N) is 3. The number of hydrogen-bond acceptors (Lipinski definition) is 5. The van der Waals surface area contributed by atoms with Gasteiger partial charge >= 0.3 is 0 Å². The first kappa shape index (κ1) is 12.3. The lowest BCUT2D eigenvalue weighted by Gasteiger charge is -2.12. The van der Waals surface area contributed by atoms with Gasteiger partial charge in [0.05, 0.1) is 6.54 Å². The van der Waals surface area contributed by atoms with E-state index < -0.39 is 0 Å². The zero-order valence-electron chi connectivity index (χ0n) is 10.8. The Bertz CT molecular complexity index is 525. The normalized spacial score (nSPS) is 19.9. The molecule has 0 bridgehead atoms. The molecule has 1 aromatic carbocycles. The van der Waals surface area contributed by atoms with E-state index in [1.807, 2.05) is 30.3 Å². The van der Waals surface area contributed by atoms with Crippen molar-refractivity contribution in [3.8, 4) is 11.4 Å². The van der Waals surface area contributed by atoms with Gasteiger partial charge in [-0.25, -0.2) is 0 Å². The first-order valence-corrected chi connectivity index (χ1v) is 6.65. The Hall–Kier alpha value is -1.72. The van der Waals surface area contributed by atoms with E-state index >= 15 is 0 Å². The van der Waals surface area contributed by atoms with Gasteiger partial charge in [-0.05, 0) is 25.4 Å². The summed E-state index contributed by atoms with van der Waals surface area (Å²) in [6, 6.07) is 9.88. The Labute approximate surface area is 112 Å². The summed E-state index contributed by atoms with van der Waals surface area (Å²) in [5.74, 6) is 1.94. The molecule has 1 saturated heterocycles. The highest BCUT2D eigenvalue weighted by Gasteiger charge is 2.23. The molecule has 1 aromatic heterocycles. The van der Waals surface area contributed by atoms with Crippen LogP contribution in [-0.4, -0.2) is 34.7 Å². The predicted molar refractivity (Wildman–Crippen MR) is 72.2 cm³/mol. The van der Waals surface area contributed by atoms with Gasteiger partial charge in [-0.3, -0.25) is 4.90 Å². The molecule has 0 saturated carbocycles. The number of rotatable bonds is 4. The van der Waals surface area contributed by atoms with Gasteiger partial charge in [-0.15, -0.1) is 0 Å². The second kappa shape index (κ2) is 5.50. The molecule has 0 aliphatic carbocycles. The Morgan fingerprint density at radius 2 is 2.16 bits per heavy atom. The summed E-state index contributed by atoms with van der Waals surface area (Å²) in [4.78, 5) is 6.76. The van der Waals surface area contributed by atoms with Gasteiger partial charge in [0.15, 0.2) is 0 Å². The molecule has 0 amide bonds. The highest BCUT2D eigenvalue weighted by Crippen LogP contribution is 2.19. The van der Waals surface area contributed by atoms with Crippen LogP contribution in [0.5, 0.6) is 0 Å².